The second kappa shape index (κ2) is 7.98. The van der Waals surface area contributed by atoms with E-state index in [1.54, 1.807) is 0 Å². The van der Waals surface area contributed by atoms with Crippen molar-refractivity contribution in [1.29, 1.82) is 0 Å². The number of amides is 1. The summed E-state index contributed by atoms with van der Waals surface area (Å²) in [4.78, 5) is 19.8. The quantitative estimate of drug-likeness (QED) is 0.752. The molecule has 0 unspecified atom stereocenters. The summed E-state index contributed by atoms with van der Waals surface area (Å²) in [6.45, 7) is 7.14. The number of anilines is 2. The number of ether oxygens (including phenoxy) is 1. The van der Waals surface area contributed by atoms with Gasteiger partial charge in [0.15, 0.2) is 0 Å². The molecule has 1 aromatic heterocycles. The van der Waals surface area contributed by atoms with Gasteiger partial charge in [-0.3, -0.25) is 9.78 Å². The van der Waals surface area contributed by atoms with Crippen molar-refractivity contribution in [2.45, 2.75) is 20.3 Å². The lowest BCUT2D eigenvalue weighted by molar-refractivity contribution is -0.115. The number of nitrogens with zero attached hydrogens (tertiary/aromatic N) is 2. The highest BCUT2D eigenvalue weighted by Gasteiger charge is 2.17. The third kappa shape index (κ3) is 3.71. The van der Waals surface area contributed by atoms with Crippen LogP contribution in [-0.4, -0.2) is 37.2 Å². The van der Waals surface area contributed by atoms with Gasteiger partial charge in [-0.05, 0) is 43.2 Å². The molecule has 0 bridgehead atoms. The van der Waals surface area contributed by atoms with Crippen molar-refractivity contribution in [2.24, 2.45) is 0 Å². The van der Waals surface area contributed by atoms with Crippen molar-refractivity contribution >= 4 is 28.2 Å². The average molecular weight is 375 g/mol. The number of benzene rings is 2. The third-order valence-corrected chi connectivity index (χ3v) is 5.35. The highest BCUT2D eigenvalue weighted by molar-refractivity contribution is 5.96. The monoisotopic (exact) mass is 375 g/mol. The summed E-state index contributed by atoms with van der Waals surface area (Å²) in [7, 11) is 0. The van der Waals surface area contributed by atoms with Crippen LogP contribution in [0.15, 0.2) is 48.5 Å². The molecule has 0 spiro atoms. The Morgan fingerprint density at radius 2 is 1.79 bits per heavy atom. The number of carbonyl (C=O) groups is 1. The number of hydrogen-bond acceptors (Lipinski definition) is 4. The molecule has 3 aromatic rings. The second-order valence-electron chi connectivity index (χ2n) is 7.16. The maximum absolute atomic E-state index is 12.9. The molecule has 1 fully saturated rings. The number of carbonyl (C=O) groups excluding carboxylic acids is 1. The summed E-state index contributed by atoms with van der Waals surface area (Å²) in [5.41, 5.74) is 5.90. The molecule has 0 saturated carbocycles. The maximum Gasteiger partial charge on any atom is 0.228 e. The first-order valence-corrected chi connectivity index (χ1v) is 9.70. The first-order chi connectivity index (χ1) is 13.6. The van der Waals surface area contributed by atoms with Crippen molar-refractivity contribution < 1.29 is 9.53 Å². The van der Waals surface area contributed by atoms with Gasteiger partial charge in [0.2, 0.25) is 5.91 Å². The van der Waals surface area contributed by atoms with Crippen LogP contribution in [0.5, 0.6) is 0 Å². The summed E-state index contributed by atoms with van der Waals surface area (Å²) < 4.78 is 5.45. The van der Waals surface area contributed by atoms with Crippen LogP contribution >= 0.6 is 0 Å². The van der Waals surface area contributed by atoms with Crippen LogP contribution in [0.1, 0.15) is 16.8 Å². The van der Waals surface area contributed by atoms with Crippen LogP contribution in [0, 0.1) is 13.8 Å². The van der Waals surface area contributed by atoms with E-state index in [0.29, 0.717) is 19.6 Å². The van der Waals surface area contributed by atoms with E-state index in [9.17, 15) is 4.79 Å². The molecule has 1 N–H and O–H groups in total. The van der Waals surface area contributed by atoms with Crippen LogP contribution in [0.25, 0.3) is 10.9 Å². The molecule has 1 aliphatic heterocycles. The normalized spacial score (nSPS) is 14.3. The smallest absolute Gasteiger partial charge is 0.228 e. The molecule has 2 aromatic carbocycles. The Kier molecular flexibility index (Phi) is 5.26. The number of pyridine rings is 1. The van der Waals surface area contributed by atoms with Crippen molar-refractivity contribution in [3.63, 3.8) is 0 Å². The molecule has 0 radical (unpaired) electrons. The average Bonchev–Trinajstić information content (AvgIpc) is 2.72. The zero-order valence-corrected chi connectivity index (χ0v) is 16.4. The summed E-state index contributed by atoms with van der Waals surface area (Å²) in [5.74, 6) is -0.0241. The molecule has 28 heavy (non-hydrogen) atoms. The zero-order valence-electron chi connectivity index (χ0n) is 16.4. The van der Waals surface area contributed by atoms with E-state index in [1.807, 2.05) is 43.3 Å². The van der Waals surface area contributed by atoms with Gasteiger partial charge in [-0.2, -0.15) is 0 Å². The topological polar surface area (TPSA) is 54.5 Å². The van der Waals surface area contributed by atoms with Gasteiger partial charge < -0.3 is 15.0 Å². The van der Waals surface area contributed by atoms with E-state index in [-0.39, 0.29) is 5.91 Å². The van der Waals surface area contributed by atoms with Gasteiger partial charge >= 0.3 is 0 Å². The fraction of sp³-hybridized carbons (Fsp3) is 0.304. The van der Waals surface area contributed by atoms with Crippen LogP contribution in [-0.2, 0) is 16.0 Å². The molecule has 5 heteroatoms. The summed E-state index contributed by atoms with van der Waals surface area (Å²) in [6.07, 6.45) is 0.312. The Morgan fingerprint density at radius 3 is 2.61 bits per heavy atom. The number of aryl methyl sites for hydroxylation is 2. The van der Waals surface area contributed by atoms with Gasteiger partial charge in [-0.15, -0.1) is 0 Å². The standard InChI is InChI=1S/C23H25N3O2/c1-16-18-7-3-4-8-20(18)24-17(2)19(16)15-23(27)25-21-9-5-6-10-22(21)26-11-13-28-14-12-26/h3-10H,11-15H2,1-2H3,(H,25,27). The minimum atomic E-state index is -0.0241. The van der Waals surface area contributed by atoms with Gasteiger partial charge in [0.1, 0.15) is 0 Å². The predicted molar refractivity (Wildman–Crippen MR) is 113 cm³/mol. The highest BCUT2D eigenvalue weighted by Crippen LogP contribution is 2.27. The second-order valence-corrected chi connectivity index (χ2v) is 7.16. The molecular formula is C23H25N3O2. The SMILES string of the molecule is Cc1nc2ccccc2c(C)c1CC(=O)Nc1ccccc1N1CCOCC1. The lowest BCUT2D eigenvalue weighted by Gasteiger charge is -2.30. The van der Waals surface area contributed by atoms with Gasteiger partial charge in [0.25, 0.3) is 0 Å². The highest BCUT2D eigenvalue weighted by atomic mass is 16.5. The molecule has 0 atom stereocenters. The number of morpholine rings is 1. The Bertz CT molecular complexity index is 1010. The molecule has 5 nitrogen and oxygen atoms in total. The molecule has 4 rings (SSSR count). The van der Waals surface area contributed by atoms with E-state index >= 15 is 0 Å². The van der Waals surface area contributed by atoms with Crippen LogP contribution < -0.4 is 10.2 Å². The Morgan fingerprint density at radius 1 is 1.07 bits per heavy atom. The van der Waals surface area contributed by atoms with Crippen molar-refractivity contribution in [3.05, 3.63) is 65.4 Å². The molecule has 1 saturated heterocycles. The number of nitrogens with one attached hydrogen (secondary N) is 1. The largest absolute Gasteiger partial charge is 0.378 e. The van der Waals surface area contributed by atoms with Gasteiger partial charge in [-0.1, -0.05) is 30.3 Å². The number of para-hydroxylation sites is 3. The van der Waals surface area contributed by atoms with Gasteiger partial charge in [0, 0.05) is 24.2 Å². The van der Waals surface area contributed by atoms with Gasteiger partial charge in [-0.25, -0.2) is 0 Å². The fourth-order valence-electron chi connectivity index (χ4n) is 3.85. The molecule has 2 heterocycles. The lowest BCUT2D eigenvalue weighted by Crippen LogP contribution is -2.36. The first-order valence-electron chi connectivity index (χ1n) is 9.70. The lowest BCUT2D eigenvalue weighted by atomic mass is 9.99. The number of aromatic nitrogens is 1. The Balaban J connectivity index is 1.57. The van der Waals surface area contributed by atoms with Crippen molar-refractivity contribution in [3.8, 4) is 0 Å². The van der Waals surface area contributed by atoms with E-state index in [1.165, 1.54) is 0 Å². The molecule has 1 aliphatic rings. The maximum atomic E-state index is 12.9. The summed E-state index contributed by atoms with van der Waals surface area (Å²) >= 11 is 0. The fourth-order valence-corrected chi connectivity index (χ4v) is 3.85. The molecule has 1 amide bonds. The van der Waals surface area contributed by atoms with Gasteiger partial charge in [0.05, 0.1) is 36.5 Å². The predicted octanol–water partition coefficient (Wildman–Crippen LogP) is 3.87. The number of rotatable bonds is 4. The summed E-state index contributed by atoms with van der Waals surface area (Å²) in [5, 5.41) is 4.21. The minimum Gasteiger partial charge on any atom is -0.378 e. The van der Waals surface area contributed by atoms with Crippen molar-refractivity contribution in [1.82, 2.24) is 4.98 Å². The van der Waals surface area contributed by atoms with Crippen LogP contribution in [0.4, 0.5) is 11.4 Å². The van der Waals surface area contributed by atoms with Crippen LogP contribution in [0.3, 0.4) is 0 Å². The molecule has 0 aliphatic carbocycles. The van der Waals surface area contributed by atoms with E-state index in [0.717, 1.165) is 52.2 Å². The van der Waals surface area contributed by atoms with Crippen molar-refractivity contribution in [2.75, 3.05) is 36.5 Å². The number of hydrogen-bond donors (Lipinski definition) is 1. The number of fused-ring (bicyclic) bond motifs is 1. The summed E-state index contributed by atoms with van der Waals surface area (Å²) in [6, 6.07) is 16.0. The Labute approximate surface area is 165 Å². The van der Waals surface area contributed by atoms with E-state index < -0.39 is 0 Å². The van der Waals surface area contributed by atoms with E-state index in [4.69, 9.17) is 4.74 Å². The third-order valence-electron chi connectivity index (χ3n) is 5.35. The minimum absolute atomic E-state index is 0.0241. The molecule has 144 valence electrons. The first kappa shape index (κ1) is 18.4. The van der Waals surface area contributed by atoms with E-state index in [2.05, 4.69) is 34.3 Å². The molecular weight excluding hydrogens is 350 g/mol. The van der Waals surface area contributed by atoms with Crippen LogP contribution in [0.2, 0.25) is 0 Å². The Hall–Kier alpha value is -2.92. The zero-order chi connectivity index (χ0) is 19.5.